The lowest BCUT2D eigenvalue weighted by Crippen LogP contribution is -2.29. The number of para-hydroxylation sites is 1. The Labute approximate surface area is 157 Å². The quantitative estimate of drug-likeness (QED) is 0.663. The van der Waals surface area contributed by atoms with Gasteiger partial charge in [0.1, 0.15) is 11.5 Å². The number of ether oxygens (including phenoxy) is 2. The molecule has 3 rings (SSSR count). The maximum atomic E-state index is 12.4. The minimum atomic E-state index is -4.81. The molecule has 0 bridgehead atoms. The van der Waals surface area contributed by atoms with Crippen LogP contribution >= 0.6 is 0 Å². The summed E-state index contributed by atoms with van der Waals surface area (Å²) >= 11 is 0. The first-order valence-corrected chi connectivity index (χ1v) is 8.00. The molecular formula is C18H14F3N3O4. The van der Waals surface area contributed by atoms with Crippen molar-refractivity contribution in [1.29, 1.82) is 0 Å². The molecule has 1 aromatic heterocycles. The summed E-state index contributed by atoms with van der Waals surface area (Å²) < 4.78 is 51.6. The fourth-order valence-corrected chi connectivity index (χ4v) is 2.26. The van der Waals surface area contributed by atoms with Crippen LogP contribution in [0.2, 0.25) is 0 Å². The third-order valence-corrected chi connectivity index (χ3v) is 3.51. The third kappa shape index (κ3) is 5.47. The van der Waals surface area contributed by atoms with Crippen molar-refractivity contribution >= 4 is 5.91 Å². The van der Waals surface area contributed by atoms with Crippen LogP contribution in [0, 0.1) is 0 Å². The Balaban J connectivity index is 1.50. The van der Waals surface area contributed by atoms with Crippen molar-refractivity contribution in [2.75, 3.05) is 6.61 Å². The van der Waals surface area contributed by atoms with Gasteiger partial charge in [-0.2, -0.15) is 0 Å². The minimum Gasteiger partial charge on any atom is -0.484 e. The second-order valence-corrected chi connectivity index (χ2v) is 5.49. The third-order valence-electron chi connectivity index (χ3n) is 3.51. The SMILES string of the molecule is O=C(COc1ccc(-c2nnco2)cc1)NCc1ccccc1OC(F)(F)F. The first-order valence-electron chi connectivity index (χ1n) is 8.00. The van der Waals surface area contributed by atoms with E-state index in [1.54, 1.807) is 30.3 Å². The molecule has 0 atom stereocenters. The Morgan fingerprint density at radius 3 is 2.54 bits per heavy atom. The molecule has 0 radical (unpaired) electrons. The number of amides is 1. The number of carbonyl (C=O) groups excluding carboxylic acids is 1. The van der Waals surface area contributed by atoms with Gasteiger partial charge in [-0.1, -0.05) is 18.2 Å². The van der Waals surface area contributed by atoms with Crippen molar-refractivity contribution in [2.45, 2.75) is 12.9 Å². The van der Waals surface area contributed by atoms with Crippen molar-refractivity contribution in [1.82, 2.24) is 15.5 Å². The molecule has 0 saturated heterocycles. The van der Waals surface area contributed by atoms with Crippen LogP contribution in [0.15, 0.2) is 59.3 Å². The van der Waals surface area contributed by atoms with Crippen molar-refractivity contribution in [3.8, 4) is 23.0 Å². The van der Waals surface area contributed by atoms with E-state index in [2.05, 4.69) is 20.3 Å². The number of rotatable bonds is 7. The number of alkyl halides is 3. The number of halogens is 3. The van der Waals surface area contributed by atoms with Crippen molar-refractivity contribution < 1.29 is 31.9 Å². The fraction of sp³-hybridized carbons (Fsp3) is 0.167. The van der Waals surface area contributed by atoms with Crippen LogP contribution in [-0.4, -0.2) is 29.1 Å². The average Bonchev–Trinajstić information content (AvgIpc) is 3.19. The number of nitrogens with zero attached hydrogens (tertiary/aromatic N) is 2. The Bertz CT molecular complexity index is 913. The highest BCUT2D eigenvalue weighted by Gasteiger charge is 2.31. The van der Waals surface area contributed by atoms with Crippen LogP contribution < -0.4 is 14.8 Å². The topological polar surface area (TPSA) is 86.5 Å². The van der Waals surface area contributed by atoms with E-state index in [4.69, 9.17) is 9.15 Å². The van der Waals surface area contributed by atoms with E-state index in [0.29, 0.717) is 17.2 Å². The fourth-order valence-electron chi connectivity index (χ4n) is 2.26. The molecule has 0 spiro atoms. The molecule has 10 heteroatoms. The lowest BCUT2D eigenvalue weighted by Gasteiger charge is -2.13. The minimum absolute atomic E-state index is 0.134. The molecule has 0 fully saturated rings. The molecule has 146 valence electrons. The summed E-state index contributed by atoms with van der Waals surface area (Å²) in [5.41, 5.74) is 0.882. The summed E-state index contributed by atoms with van der Waals surface area (Å²) in [5, 5.41) is 9.83. The van der Waals surface area contributed by atoms with Gasteiger partial charge in [0.15, 0.2) is 6.61 Å². The van der Waals surface area contributed by atoms with E-state index in [0.717, 1.165) is 0 Å². The Morgan fingerprint density at radius 2 is 1.86 bits per heavy atom. The number of carbonyl (C=O) groups is 1. The van der Waals surface area contributed by atoms with Gasteiger partial charge in [-0.15, -0.1) is 23.4 Å². The molecule has 2 aromatic carbocycles. The summed E-state index contributed by atoms with van der Waals surface area (Å²) in [4.78, 5) is 11.9. The second kappa shape index (κ2) is 8.42. The summed E-state index contributed by atoms with van der Waals surface area (Å²) in [6, 6.07) is 12.2. The van der Waals surface area contributed by atoms with E-state index in [1.165, 1.54) is 24.6 Å². The van der Waals surface area contributed by atoms with Crippen molar-refractivity contribution in [3.63, 3.8) is 0 Å². The molecule has 0 aliphatic carbocycles. The van der Waals surface area contributed by atoms with Gasteiger partial charge in [0.25, 0.3) is 5.91 Å². The van der Waals surface area contributed by atoms with Gasteiger partial charge in [0, 0.05) is 17.7 Å². The molecule has 0 saturated carbocycles. The lowest BCUT2D eigenvalue weighted by molar-refractivity contribution is -0.274. The zero-order chi connectivity index (χ0) is 20.0. The number of benzene rings is 2. The Hall–Kier alpha value is -3.56. The average molecular weight is 393 g/mol. The van der Waals surface area contributed by atoms with Crippen LogP contribution in [0.1, 0.15) is 5.56 Å². The normalized spacial score (nSPS) is 11.1. The van der Waals surface area contributed by atoms with Crippen LogP contribution in [-0.2, 0) is 11.3 Å². The molecule has 0 aliphatic rings. The summed E-state index contributed by atoms with van der Waals surface area (Å²) in [6.45, 7) is -0.438. The number of nitrogens with one attached hydrogen (secondary N) is 1. The largest absolute Gasteiger partial charge is 0.573 e. The maximum Gasteiger partial charge on any atom is 0.573 e. The second-order valence-electron chi connectivity index (χ2n) is 5.49. The van der Waals surface area contributed by atoms with Crippen LogP contribution in [0.5, 0.6) is 11.5 Å². The van der Waals surface area contributed by atoms with Crippen LogP contribution in [0.3, 0.4) is 0 Å². The van der Waals surface area contributed by atoms with Crippen LogP contribution in [0.4, 0.5) is 13.2 Å². The molecule has 0 aliphatic heterocycles. The lowest BCUT2D eigenvalue weighted by atomic mass is 10.2. The van der Waals surface area contributed by atoms with Gasteiger partial charge in [-0.25, -0.2) is 0 Å². The van der Waals surface area contributed by atoms with Gasteiger partial charge in [0.2, 0.25) is 12.3 Å². The Morgan fingerprint density at radius 1 is 1.11 bits per heavy atom. The zero-order valence-electron chi connectivity index (χ0n) is 14.3. The van der Waals surface area contributed by atoms with Gasteiger partial charge < -0.3 is 19.2 Å². The van der Waals surface area contributed by atoms with Gasteiger partial charge in [-0.3, -0.25) is 4.79 Å². The highest BCUT2D eigenvalue weighted by molar-refractivity contribution is 5.77. The maximum absolute atomic E-state index is 12.4. The van der Waals surface area contributed by atoms with Gasteiger partial charge in [0.05, 0.1) is 0 Å². The van der Waals surface area contributed by atoms with Gasteiger partial charge >= 0.3 is 6.36 Å². The molecule has 7 nitrogen and oxygen atoms in total. The predicted octanol–water partition coefficient (Wildman–Crippen LogP) is 3.33. The van der Waals surface area contributed by atoms with Crippen molar-refractivity contribution in [3.05, 3.63) is 60.5 Å². The van der Waals surface area contributed by atoms with E-state index >= 15 is 0 Å². The molecule has 1 N–H and O–H groups in total. The highest BCUT2D eigenvalue weighted by atomic mass is 19.4. The molecule has 1 amide bonds. The number of aromatic nitrogens is 2. The first kappa shape index (κ1) is 19.2. The van der Waals surface area contributed by atoms with Crippen molar-refractivity contribution in [2.24, 2.45) is 0 Å². The summed E-state index contributed by atoms with van der Waals surface area (Å²) in [7, 11) is 0. The highest BCUT2D eigenvalue weighted by Crippen LogP contribution is 2.26. The van der Waals surface area contributed by atoms with E-state index in [1.807, 2.05) is 0 Å². The van der Waals surface area contributed by atoms with E-state index in [-0.39, 0.29) is 24.5 Å². The monoisotopic (exact) mass is 393 g/mol. The molecule has 1 heterocycles. The molecular weight excluding hydrogens is 379 g/mol. The molecule has 28 heavy (non-hydrogen) atoms. The smallest absolute Gasteiger partial charge is 0.484 e. The standard InChI is InChI=1S/C18H14F3N3O4/c19-18(20,21)28-15-4-2-1-3-13(15)9-22-16(25)10-26-14-7-5-12(6-8-14)17-24-23-11-27-17/h1-8,11H,9-10H2,(H,22,25). The van der Waals surface area contributed by atoms with Crippen LogP contribution in [0.25, 0.3) is 11.5 Å². The first-order chi connectivity index (χ1) is 13.4. The summed E-state index contributed by atoms with van der Waals surface area (Å²) in [5.74, 6) is -0.0844. The molecule has 3 aromatic rings. The summed E-state index contributed by atoms with van der Waals surface area (Å²) in [6.07, 6.45) is -3.60. The zero-order valence-corrected chi connectivity index (χ0v) is 14.3. The van der Waals surface area contributed by atoms with E-state index < -0.39 is 12.3 Å². The van der Waals surface area contributed by atoms with Gasteiger partial charge in [-0.05, 0) is 30.3 Å². The number of hydrogen-bond acceptors (Lipinski definition) is 6. The van der Waals surface area contributed by atoms with E-state index in [9.17, 15) is 18.0 Å². The molecule has 0 unspecified atom stereocenters. The predicted molar refractivity (Wildman–Crippen MR) is 90.2 cm³/mol. The number of hydrogen-bond donors (Lipinski definition) is 1. The Kier molecular flexibility index (Phi) is 5.78.